The summed E-state index contributed by atoms with van der Waals surface area (Å²) in [6.45, 7) is 3.92. The molecule has 0 aliphatic carbocycles. The SMILES string of the molecule is CCC(C)NC(=O)CSc1ccc(C(=O)O)o1. The van der Waals surface area contributed by atoms with Crippen LogP contribution in [0.4, 0.5) is 0 Å². The Morgan fingerprint density at radius 2 is 2.24 bits per heavy atom. The van der Waals surface area contributed by atoms with E-state index in [1.54, 1.807) is 6.07 Å². The van der Waals surface area contributed by atoms with Gasteiger partial charge >= 0.3 is 5.97 Å². The predicted molar refractivity (Wildman–Crippen MR) is 64.3 cm³/mol. The lowest BCUT2D eigenvalue weighted by Crippen LogP contribution is -2.33. The highest BCUT2D eigenvalue weighted by Gasteiger charge is 2.11. The van der Waals surface area contributed by atoms with Crippen molar-refractivity contribution < 1.29 is 19.1 Å². The van der Waals surface area contributed by atoms with Crippen molar-refractivity contribution in [3.63, 3.8) is 0 Å². The number of amides is 1. The molecule has 0 spiro atoms. The third-order valence-corrected chi connectivity index (χ3v) is 3.07. The number of aromatic carboxylic acids is 1. The lowest BCUT2D eigenvalue weighted by molar-refractivity contribution is -0.119. The Morgan fingerprint density at radius 1 is 1.53 bits per heavy atom. The molecule has 2 N–H and O–H groups in total. The van der Waals surface area contributed by atoms with E-state index in [-0.39, 0.29) is 23.5 Å². The molecule has 94 valence electrons. The fourth-order valence-corrected chi connectivity index (χ4v) is 1.74. The van der Waals surface area contributed by atoms with Gasteiger partial charge in [-0.2, -0.15) is 0 Å². The number of hydrogen-bond donors (Lipinski definition) is 2. The minimum absolute atomic E-state index is 0.0855. The second-order valence-corrected chi connectivity index (χ2v) is 4.57. The van der Waals surface area contributed by atoms with Crippen LogP contribution in [0.25, 0.3) is 0 Å². The van der Waals surface area contributed by atoms with Crippen molar-refractivity contribution >= 4 is 23.6 Å². The average Bonchev–Trinajstić information content (AvgIpc) is 2.75. The van der Waals surface area contributed by atoms with Crippen LogP contribution in [0.1, 0.15) is 30.8 Å². The molecule has 0 aliphatic heterocycles. The molecule has 0 saturated carbocycles. The number of carboxylic acids is 1. The van der Waals surface area contributed by atoms with E-state index in [2.05, 4.69) is 5.32 Å². The number of carboxylic acid groups (broad SMARTS) is 1. The molecule has 1 aromatic rings. The van der Waals surface area contributed by atoms with Crippen molar-refractivity contribution in [1.82, 2.24) is 5.32 Å². The van der Waals surface area contributed by atoms with Crippen LogP contribution in [0, 0.1) is 0 Å². The van der Waals surface area contributed by atoms with Crippen LogP contribution in [0.15, 0.2) is 21.6 Å². The zero-order chi connectivity index (χ0) is 12.8. The largest absolute Gasteiger partial charge is 0.475 e. The summed E-state index contributed by atoms with van der Waals surface area (Å²) >= 11 is 1.18. The Hall–Kier alpha value is -1.43. The maximum absolute atomic E-state index is 11.4. The second kappa shape index (κ2) is 6.34. The summed E-state index contributed by atoms with van der Waals surface area (Å²) in [7, 11) is 0. The zero-order valence-electron chi connectivity index (χ0n) is 9.73. The summed E-state index contributed by atoms with van der Waals surface area (Å²) in [5.41, 5.74) is 0. The minimum atomic E-state index is -1.11. The molecule has 6 heteroatoms. The normalized spacial score (nSPS) is 12.1. The van der Waals surface area contributed by atoms with Crippen LogP contribution in [0.3, 0.4) is 0 Å². The standard InChI is InChI=1S/C11H15NO4S/c1-3-7(2)12-9(13)6-17-10-5-4-8(16-10)11(14)15/h4-5,7H,3,6H2,1-2H3,(H,12,13)(H,14,15). The van der Waals surface area contributed by atoms with Crippen LogP contribution < -0.4 is 5.32 Å². The summed E-state index contributed by atoms with van der Waals surface area (Å²) in [5.74, 6) is -1.09. The number of thioether (sulfide) groups is 1. The number of rotatable bonds is 6. The molecule has 0 bridgehead atoms. The van der Waals surface area contributed by atoms with Gasteiger partial charge in [0.1, 0.15) is 0 Å². The Kier molecular flexibility index (Phi) is 5.09. The predicted octanol–water partition coefficient (Wildman–Crippen LogP) is 1.98. The van der Waals surface area contributed by atoms with E-state index in [0.717, 1.165) is 6.42 Å². The molecule has 1 aromatic heterocycles. The summed E-state index contributed by atoms with van der Waals surface area (Å²) in [5, 5.41) is 11.9. The first-order chi connectivity index (χ1) is 8.02. The zero-order valence-corrected chi connectivity index (χ0v) is 10.5. The van der Waals surface area contributed by atoms with Gasteiger partial charge in [0.15, 0.2) is 5.09 Å². The average molecular weight is 257 g/mol. The molecule has 0 saturated heterocycles. The van der Waals surface area contributed by atoms with Gasteiger partial charge in [-0.05, 0) is 25.5 Å². The number of furan rings is 1. The Morgan fingerprint density at radius 3 is 2.76 bits per heavy atom. The Bertz CT molecular complexity index is 402. The van der Waals surface area contributed by atoms with E-state index in [9.17, 15) is 9.59 Å². The van der Waals surface area contributed by atoms with E-state index in [0.29, 0.717) is 5.09 Å². The van der Waals surface area contributed by atoms with Crippen LogP contribution >= 0.6 is 11.8 Å². The topological polar surface area (TPSA) is 79.5 Å². The molecule has 1 rings (SSSR count). The highest BCUT2D eigenvalue weighted by molar-refractivity contribution is 7.99. The molecular formula is C11H15NO4S. The van der Waals surface area contributed by atoms with Crippen LogP contribution in [-0.4, -0.2) is 28.8 Å². The van der Waals surface area contributed by atoms with Crippen molar-refractivity contribution in [3.05, 3.63) is 17.9 Å². The smallest absolute Gasteiger partial charge is 0.371 e. The molecule has 0 aromatic carbocycles. The quantitative estimate of drug-likeness (QED) is 0.762. The van der Waals surface area contributed by atoms with Gasteiger partial charge in [-0.3, -0.25) is 4.79 Å². The molecular weight excluding hydrogens is 242 g/mol. The van der Waals surface area contributed by atoms with Gasteiger partial charge in [0, 0.05) is 6.04 Å². The van der Waals surface area contributed by atoms with E-state index < -0.39 is 5.97 Å². The van der Waals surface area contributed by atoms with Crippen molar-refractivity contribution in [2.45, 2.75) is 31.4 Å². The maximum atomic E-state index is 11.4. The van der Waals surface area contributed by atoms with Gasteiger partial charge < -0.3 is 14.8 Å². The summed E-state index contributed by atoms with van der Waals surface area (Å²) in [6.07, 6.45) is 0.875. The molecule has 0 fully saturated rings. The van der Waals surface area contributed by atoms with Gasteiger partial charge in [-0.15, -0.1) is 0 Å². The van der Waals surface area contributed by atoms with Gasteiger partial charge in [0.25, 0.3) is 0 Å². The van der Waals surface area contributed by atoms with E-state index in [1.807, 2.05) is 13.8 Å². The van der Waals surface area contributed by atoms with E-state index in [1.165, 1.54) is 17.8 Å². The Labute approximate surface area is 104 Å². The number of nitrogens with one attached hydrogen (secondary N) is 1. The minimum Gasteiger partial charge on any atom is -0.475 e. The summed E-state index contributed by atoms with van der Waals surface area (Å²) in [6, 6.07) is 3.07. The maximum Gasteiger partial charge on any atom is 0.371 e. The monoisotopic (exact) mass is 257 g/mol. The third-order valence-electron chi connectivity index (χ3n) is 2.16. The lowest BCUT2D eigenvalue weighted by Gasteiger charge is -2.10. The first kappa shape index (κ1) is 13.6. The highest BCUT2D eigenvalue weighted by atomic mass is 32.2. The van der Waals surface area contributed by atoms with Crippen LogP contribution in [0.2, 0.25) is 0 Å². The second-order valence-electron chi connectivity index (χ2n) is 3.59. The van der Waals surface area contributed by atoms with Gasteiger partial charge in [-0.25, -0.2) is 4.79 Å². The molecule has 1 atom stereocenters. The highest BCUT2D eigenvalue weighted by Crippen LogP contribution is 2.20. The number of carbonyl (C=O) groups is 2. The molecule has 1 amide bonds. The molecule has 5 nitrogen and oxygen atoms in total. The van der Waals surface area contributed by atoms with E-state index in [4.69, 9.17) is 9.52 Å². The van der Waals surface area contributed by atoms with Crippen molar-refractivity contribution in [3.8, 4) is 0 Å². The van der Waals surface area contributed by atoms with E-state index >= 15 is 0 Å². The van der Waals surface area contributed by atoms with Crippen molar-refractivity contribution in [1.29, 1.82) is 0 Å². The Balaban J connectivity index is 2.39. The van der Waals surface area contributed by atoms with Gasteiger partial charge in [-0.1, -0.05) is 18.7 Å². The third kappa shape index (κ3) is 4.52. The van der Waals surface area contributed by atoms with Gasteiger partial charge in [0.05, 0.1) is 5.75 Å². The van der Waals surface area contributed by atoms with Crippen molar-refractivity contribution in [2.75, 3.05) is 5.75 Å². The summed E-state index contributed by atoms with van der Waals surface area (Å²) < 4.78 is 5.01. The first-order valence-electron chi connectivity index (χ1n) is 5.28. The lowest BCUT2D eigenvalue weighted by atomic mass is 10.3. The first-order valence-corrected chi connectivity index (χ1v) is 6.26. The van der Waals surface area contributed by atoms with Crippen molar-refractivity contribution in [2.24, 2.45) is 0 Å². The summed E-state index contributed by atoms with van der Waals surface area (Å²) in [4.78, 5) is 22.0. The number of hydrogen-bond acceptors (Lipinski definition) is 4. The van der Waals surface area contributed by atoms with Crippen LogP contribution in [-0.2, 0) is 4.79 Å². The molecule has 0 radical (unpaired) electrons. The van der Waals surface area contributed by atoms with Crippen LogP contribution in [0.5, 0.6) is 0 Å². The molecule has 1 unspecified atom stereocenters. The van der Waals surface area contributed by atoms with Gasteiger partial charge in [0.2, 0.25) is 11.7 Å². The molecule has 1 heterocycles. The molecule has 17 heavy (non-hydrogen) atoms. The fraction of sp³-hybridized carbons (Fsp3) is 0.455. The molecule has 0 aliphatic rings. The fourth-order valence-electron chi connectivity index (χ4n) is 1.07. The number of carbonyl (C=O) groups excluding carboxylic acids is 1.